The molecule has 0 radical (unpaired) electrons. The van der Waals surface area contributed by atoms with E-state index in [9.17, 15) is 14.0 Å². The molecular weight excluding hydrogens is 633 g/mol. The van der Waals surface area contributed by atoms with Crippen molar-refractivity contribution in [2.45, 2.75) is 70.5 Å². The second-order valence-electron chi connectivity index (χ2n) is 12.6. The van der Waals surface area contributed by atoms with E-state index in [1.807, 2.05) is 4.90 Å². The third-order valence-corrected chi connectivity index (χ3v) is 9.93. The third kappa shape index (κ3) is 7.50. The van der Waals surface area contributed by atoms with Gasteiger partial charge in [0, 0.05) is 50.3 Å². The number of piperazine rings is 1. The number of amides is 2. The zero-order chi connectivity index (χ0) is 31.5. The van der Waals surface area contributed by atoms with Crippen LogP contribution in [0.4, 0.5) is 4.39 Å². The Balaban J connectivity index is 1.21. The van der Waals surface area contributed by atoms with E-state index in [0.717, 1.165) is 53.3 Å². The summed E-state index contributed by atoms with van der Waals surface area (Å²) >= 11 is 3.41. The first-order valence-corrected chi connectivity index (χ1v) is 16.8. The molecule has 6 rings (SSSR count). The summed E-state index contributed by atoms with van der Waals surface area (Å²) < 4.78 is 20.1. The van der Waals surface area contributed by atoms with E-state index in [0.29, 0.717) is 38.4 Å². The molecule has 2 aliphatic heterocycles. The number of aryl methyl sites for hydroxylation is 2. The Morgan fingerprint density at radius 2 is 1.82 bits per heavy atom. The van der Waals surface area contributed by atoms with Crippen molar-refractivity contribution in [1.82, 2.24) is 15.1 Å². The van der Waals surface area contributed by atoms with Gasteiger partial charge in [-0.2, -0.15) is 0 Å². The highest BCUT2D eigenvalue weighted by Gasteiger charge is 2.42. The summed E-state index contributed by atoms with van der Waals surface area (Å²) in [5.41, 5.74) is 6.70. The molecule has 2 unspecified atom stereocenters. The fourth-order valence-electron chi connectivity index (χ4n) is 6.67. The Bertz CT molecular complexity index is 1590. The monoisotopic (exact) mass is 673 g/mol. The number of hydrogen-bond donors (Lipinski definition) is 1. The molecule has 2 atom stereocenters. The molecule has 0 spiro atoms. The minimum Gasteiger partial charge on any atom is -0.492 e. The van der Waals surface area contributed by atoms with Crippen LogP contribution in [0.25, 0.3) is 5.57 Å². The van der Waals surface area contributed by atoms with Gasteiger partial charge >= 0.3 is 0 Å². The molecule has 2 fully saturated rings. The molecule has 1 aliphatic carbocycles. The van der Waals surface area contributed by atoms with Gasteiger partial charge in [-0.15, -0.1) is 0 Å². The lowest BCUT2D eigenvalue weighted by molar-refractivity contribution is -0.132. The Morgan fingerprint density at radius 1 is 1.04 bits per heavy atom. The number of benzene rings is 3. The zero-order valence-corrected chi connectivity index (χ0v) is 27.6. The van der Waals surface area contributed by atoms with Crippen molar-refractivity contribution >= 4 is 33.3 Å². The SMILES string of the molecule is CC(=O)N1CC2CC(c3ccc(CCCOc4cc(F)ccc4Br)cc3)=C(C(=O)N(CCc3ccccc3C)C3CC3)C(C1)N2. The molecule has 45 heavy (non-hydrogen) atoms. The van der Waals surface area contributed by atoms with Gasteiger partial charge in [0.2, 0.25) is 5.91 Å². The normalized spacial score (nSPS) is 19.4. The van der Waals surface area contributed by atoms with E-state index in [-0.39, 0.29) is 35.8 Å². The van der Waals surface area contributed by atoms with E-state index < -0.39 is 0 Å². The standard InChI is InChI=1S/C37H41BrFN3O3/c1-24-6-3-4-8-27(24)17-18-42(31-14-15-31)37(44)36-32(21-30-22-41(25(2)43)23-34(36)40-30)28-11-9-26(10-12-28)7-5-19-45-35-20-29(39)13-16-33(35)38/h3-4,6,8-13,16,20,30-31,34,40H,5,7,14-15,17-19,21-23H2,1-2H3. The van der Waals surface area contributed by atoms with Crippen molar-refractivity contribution in [3.8, 4) is 5.75 Å². The summed E-state index contributed by atoms with van der Waals surface area (Å²) in [7, 11) is 0. The molecule has 3 aromatic carbocycles. The van der Waals surface area contributed by atoms with Gasteiger partial charge in [0.1, 0.15) is 11.6 Å². The lowest BCUT2D eigenvalue weighted by Gasteiger charge is -2.44. The average molecular weight is 675 g/mol. The molecule has 1 saturated heterocycles. The molecule has 1 N–H and O–H groups in total. The summed E-state index contributed by atoms with van der Waals surface area (Å²) in [5, 5.41) is 3.69. The van der Waals surface area contributed by atoms with Crippen LogP contribution in [0.5, 0.6) is 5.75 Å². The van der Waals surface area contributed by atoms with Gasteiger partial charge in [-0.25, -0.2) is 4.39 Å². The smallest absolute Gasteiger partial charge is 0.252 e. The van der Waals surface area contributed by atoms with Crippen LogP contribution in [0, 0.1) is 12.7 Å². The number of fused-ring (bicyclic) bond motifs is 2. The number of nitrogens with zero attached hydrogens (tertiary/aromatic N) is 2. The number of ether oxygens (including phenoxy) is 1. The van der Waals surface area contributed by atoms with Crippen molar-refractivity contribution < 1.29 is 18.7 Å². The lowest BCUT2D eigenvalue weighted by Crippen LogP contribution is -2.62. The molecular formula is C37H41BrFN3O3. The number of nitrogens with one attached hydrogen (secondary N) is 1. The minimum atomic E-state index is -0.321. The summed E-state index contributed by atoms with van der Waals surface area (Å²) in [6.45, 7) is 6.07. The van der Waals surface area contributed by atoms with Crippen LogP contribution in [0.3, 0.4) is 0 Å². The number of carbonyl (C=O) groups excluding carboxylic acids is 2. The summed E-state index contributed by atoms with van der Waals surface area (Å²) in [6.07, 6.45) is 5.22. The van der Waals surface area contributed by atoms with Crippen molar-refractivity contribution in [2.24, 2.45) is 0 Å². The lowest BCUT2D eigenvalue weighted by atomic mass is 9.82. The van der Waals surface area contributed by atoms with Gasteiger partial charge in [-0.1, -0.05) is 48.5 Å². The maximum absolute atomic E-state index is 14.5. The average Bonchev–Trinajstić information content (AvgIpc) is 3.87. The van der Waals surface area contributed by atoms with E-state index in [4.69, 9.17) is 4.74 Å². The van der Waals surface area contributed by atoms with Crippen LogP contribution in [0.2, 0.25) is 0 Å². The summed E-state index contributed by atoms with van der Waals surface area (Å²) in [6, 6.07) is 21.6. The topological polar surface area (TPSA) is 61.9 Å². The molecule has 1 saturated carbocycles. The van der Waals surface area contributed by atoms with Gasteiger partial charge in [0.05, 0.1) is 17.1 Å². The van der Waals surface area contributed by atoms with Crippen LogP contribution >= 0.6 is 15.9 Å². The summed E-state index contributed by atoms with van der Waals surface area (Å²) in [4.78, 5) is 30.9. The Labute approximate surface area is 273 Å². The highest BCUT2D eigenvalue weighted by Crippen LogP contribution is 2.37. The Morgan fingerprint density at radius 3 is 2.56 bits per heavy atom. The highest BCUT2D eigenvalue weighted by molar-refractivity contribution is 9.10. The van der Waals surface area contributed by atoms with E-state index in [1.54, 1.807) is 13.0 Å². The molecule has 2 amide bonds. The molecule has 6 nitrogen and oxygen atoms in total. The van der Waals surface area contributed by atoms with E-state index in [1.165, 1.54) is 28.8 Å². The second-order valence-corrected chi connectivity index (χ2v) is 13.4. The Hall–Kier alpha value is -3.49. The second kappa shape index (κ2) is 13.9. The minimum absolute atomic E-state index is 0.0541. The maximum Gasteiger partial charge on any atom is 0.252 e. The first-order chi connectivity index (χ1) is 21.8. The van der Waals surface area contributed by atoms with Gasteiger partial charge in [0.15, 0.2) is 0 Å². The number of hydrogen-bond acceptors (Lipinski definition) is 4. The molecule has 0 aromatic heterocycles. The van der Waals surface area contributed by atoms with Crippen LogP contribution in [-0.4, -0.2) is 66.0 Å². The van der Waals surface area contributed by atoms with Gasteiger partial charge < -0.3 is 19.9 Å². The molecule has 236 valence electrons. The molecule has 3 aromatic rings. The van der Waals surface area contributed by atoms with Crippen molar-refractivity contribution in [2.75, 3.05) is 26.2 Å². The van der Waals surface area contributed by atoms with Gasteiger partial charge in [-0.05, 0) is 101 Å². The molecule has 3 aliphatic rings. The first-order valence-electron chi connectivity index (χ1n) is 16.0. The van der Waals surface area contributed by atoms with Crippen LogP contribution < -0.4 is 10.1 Å². The number of halogens is 2. The van der Waals surface area contributed by atoms with Gasteiger partial charge in [0.25, 0.3) is 5.91 Å². The number of rotatable bonds is 11. The molecule has 8 heteroatoms. The maximum atomic E-state index is 14.5. The molecule has 2 bridgehead atoms. The molecule has 2 heterocycles. The zero-order valence-electron chi connectivity index (χ0n) is 26.0. The van der Waals surface area contributed by atoms with Crippen molar-refractivity contribution in [1.29, 1.82) is 0 Å². The Kier molecular flexibility index (Phi) is 9.71. The van der Waals surface area contributed by atoms with E-state index >= 15 is 0 Å². The quantitative estimate of drug-likeness (QED) is 0.237. The van der Waals surface area contributed by atoms with Crippen molar-refractivity contribution in [3.63, 3.8) is 0 Å². The fourth-order valence-corrected chi connectivity index (χ4v) is 7.03. The fraction of sp³-hybridized carbons (Fsp3) is 0.405. The van der Waals surface area contributed by atoms with Crippen LogP contribution in [0.15, 0.2) is 76.8 Å². The summed E-state index contributed by atoms with van der Waals surface area (Å²) in [5.74, 6) is 0.345. The van der Waals surface area contributed by atoms with Crippen LogP contribution in [0.1, 0.15) is 54.9 Å². The predicted octanol–water partition coefficient (Wildman–Crippen LogP) is 6.49. The van der Waals surface area contributed by atoms with Gasteiger partial charge in [-0.3, -0.25) is 9.59 Å². The van der Waals surface area contributed by atoms with E-state index in [2.05, 4.69) is 81.6 Å². The highest BCUT2D eigenvalue weighted by atomic mass is 79.9. The predicted molar refractivity (Wildman–Crippen MR) is 178 cm³/mol. The largest absolute Gasteiger partial charge is 0.492 e. The third-order valence-electron chi connectivity index (χ3n) is 9.28. The van der Waals surface area contributed by atoms with Crippen LogP contribution in [-0.2, 0) is 22.4 Å². The first kappa shape index (κ1) is 31.5. The number of carbonyl (C=O) groups is 2. The van der Waals surface area contributed by atoms with Crippen molar-refractivity contribution in [3.05, 3.63) is 105 Å².